The molecule has 2 rings (SSSR count). The minimum atomic E-state index is -0.0907. The zero-order chi connectivity index (χ0) is 12.5. The highest BCUT2D eigenvalue weighted by molar-refractivity contribution is 5.38. The van der Waals surface area contributed by atoms with Crippen molar-refractivity contribution in [2.45, 2.75) is 57.9 Å². The van der Waals surface area contributed by atoms with Gasteiger partial charge in [-0.05, 0) is 35.8 Å². The third-order valence-electron chi connectivity index (χ3n) is 4.70. The van der Waals surface area contributed by atoms with E-state index in [1.807, 2.05) is 0 Å². The van der Waals surface area contributed by atoms with Crippen molar-refractivity contribution >= 4 is 0 Å². The monoisotopic (exact) mass is 231 g/mol. The van der Waals surface area contributed by atoms with Crippen LogP contribution < -0.4 is 5.73 Å². The highest BCUT2D eigenvalue weighted by Crippen LogP contribution is 2.45. The second-order valence-electron chi connectivity index (χ2n) is 5.58. The molecule has 2 unspecified atom stereocenters. The lowest BCUT2D eigenvalue weighted by Gasteiger charge is -2.43. The normalized spacial score (nSPS) is 28.2. The summed E-state index contributed by atoms with van der Waals surface area (Å²) in [5.74, 6) is 1.27. The third kappa shape index (κ3) is 2.01. The first-order chi connectivity index (χ1) is 8.13. The summed E-state index contributed by atoms with van der Waals surface area (Å²) in [6, 6.07) is 8.81. The summed E-state index contributed by atoms with van der Waals surface area (Å²) in [5, 5.41) is 0. The van der Waals surface area contributed by atoms with Gasteiger partial charge in [0.2, 0.25) is 0 Å². The quantitative estimate of drug-likeness (QED) is 0.830. The Morgan fingerprint density at radius 1 is 1.29 bits per heavy atom. The highest BCUT2D eigenvalue weighted by atomic mass is 14.8. The molecule has 0 aromatic heterocycles. The van der Waals surface area contributed by atoms with E-state index in [2.05, 4.69) is 45.0 Å². The fraction of sp³-hybridized carbons (Fsp3) is 0.625. The predicted octanol–water partition coefficient (Wildman–Crippen LogP) is 4.17. The zero-order valence-electron chi connectivity index (χ0n) is 11.4. The third-order valence-corrected chi connectivity index (χ3v) is 4.70. The number of hydrogen-bond donors (Lipinski definition) is 1. The van der Waals surface area contributed by atoms with Crippen LogP contribution in [-0.4, -0.2) is 0 Å². The first kappa shape index (κ1) is 12.6. The molecule has 1 heteroatoms. The molecule has 1 nitrogen and oxygen atoms in total. The van der Waals surface area contributed by atoms with Crippen LogP contribution >= 0.6 is 0 Å². The van der Waals surface area contributed by atoms with E-state index >= 15 is 0 Å². The first-order valence-electron chi connectivity index (χ1n) is 7.01. The Hall–Kier alpha value is -0.820. The van der Waals surface area contributed by atoms with Crippen molar-refractivity contribution in [1.82, 2.24) is 0 Å². The molecule has 0 saturated carbocycles. The van der Waals surface area contributed by atoms with Crippen molar-refractivity contribution < 1.29 is 0 Å². The molecule has 0 spiro atoms. The number of rotatable bonds is 3. The van der Waals surface area contributed by atoms with Crippen LogP contribution in [0, 0.1) is 5.92 Å². The molecule has 0 radical (unpaired) electrons. The average Bonchev–Trinajstić information content (AvgIpc) is 2.36. The van der Waals surface area contributed by atoms with Gasteiger partial charge in [-0.2, -0.15) is 0 Å². The lowest BCUT2D eigenvalue weighted by Crippen LogP contribution is -2.46. The van der Waals surface area contributed by atoms with Gasteiger partial charge in [0.1, 0.15) is 0 Å². The van der Waals surface area contributed by atoms with Crippen molar-refractivity contribution in [3.8, 4) is 0 Å². The Bertz CT molecular complexity index is 381. The number of benzene rings is 1. The SMILES string of the molecule is CCC(CC)C1(N)CCC(C)c2ccccc21. The maximum absolute atomic E-state index is 6.80. The Kier molecular flexibility index (Phi) is 3.58. The maximum atomic E-state index is 6.80. The maximum Gasteiger partial charge on any atom is 0.0441 e. The van der Waals surface area contributed by atoms with E-state index in [0.29, 0.717) is 11.8 Å². The summed E-state index contributed by atoms with van der Waals surface area (Å²) < 4.78 is 0. The minimum absolute atomic E-state index is 0.0907. The van der Waals surface area contributed by atoms with Gasteiger partial charge in [-0.25, -0.2) is 0 Å². The fourth-order valence-corrected chi connectivity index (χ4v) is 3.54. The second kappa shape index (κ2) is 4.81. The van der Waals surface area contributed by atoms with Gasteiger partial charge in [0.05, 0.1) is 0 Å². The van der Waals surface area contributed by atoms with E-state index in [4.69, 9.17) is 5.73 Å². The lowest BCUT2D eigenvalue weighted by molar-refractivity contribution is 0.215. The van der Waals surface area contributed by atoms with Gasteiger partial charge >= 0.3 is 0 Å². The van der Waals surface area contributed by atoms with E-state index in [1.165, 1.54) is 30.4 Å². The van der Waals surface area contributed by atoms with Crippen LogP contribution in [-0.2, 0) is 5.54 Å². The van der Waals surface area contributed by atoms with Crippen LogP contribution in [0.4, 0.5) is 0 Å². The van der Waals surface area contributed by atoms with Crippen LogP contribution in [0.15, 0.2) is 24.3 Å². The van der Waals surface area contributed by atoms with E-state index in [9.17, 15) is 0 Å². The van der Waals surface area contributed by atoms with Crippen LogP contribution in [0.5, 0.6) is 0 Å². The Balaban J connectivity index is 2.47. The van der Waals surface area contributed by atoms with Gasteiger partial charge < -0.3 is 5.73 Å². The summed E-state index contributed by atoms with van der Waals surface area (Å²) in [5.41, 5.74) is 9.60. The van der Waals surface area contributed by atoms with Crippen molar-refractivity contribution in [2.24, 2.45) is 11.7 Å². The highest BCUT2D eigenvalue weighted by Gasteiger charge is 2.39. The Morgan fingerprint density at radius 2 is 1.94 bits per heavy atom. The van der Waals surface area contributed by atoms with Gasteiger partial charge in [0.15, 0.2) is 0 Å². The molecule has 0 bridgehead atoms. The molecule has 1 aromatic rings. The van der Waals surface area contributed by atoms with Crippen LogP contribution in [0.3, 0.4) is 0 Å². The second-order valence-corrected chi connectivity index (χ2v) is 5.58. The summed E-state index contributed by atoms with van der Waals surface area (Å²) in [6.07, 6.45) is 4.72. The number of hydrogen-bond acceptors (Lipinski definition) is 1. The summed E-state index contributed by atoms with van der Waals surface area (Å²) >= 11 is 0. The van der Waals surface area contributed by atoms with Crippen molar-refractivity contribution in [3.05, 3.63) is 35.4 Å². The molecule has 1 aromatic carbocycles. The molecule has 0 fully saturated rings. The largest absolute Gasteiger partial charge is 0.321 e. The standard InChI is InChI=1S/C16H25N/c1-4-13(5-2)16(17)11-10-12(3)14-8-6-7-9-15(14)16/h6-9,12-13H,4-5,10-11,17H2,1-3H3. The summed E-state index contributed by atoms with van der Waals surface area (Å²) in [4.78, 5) is 0. The smallest absolute Gasteiger partial charge is 0.0441 e. The lowest BCUT2D eigenvalue weighted by atomic mass is 9.66. The van der Waals surface area contributed by atoms with Gasteiger partial charge in [-0.15, -0.1) is 0 Å². The molecule has 94 valence electrons. The molecule has 2 N–H and O–H groups in total. The Morgan fingerprint density at radius 3 is 2.59 bits per heavy atom. The minimum Gasteiger partial charge on any atom is -0.321 e. The fourth-order valence-electron chi connectivity index (χ4n) is 3.54. The summed E-state index contributed by atoms with van der Waals surface area (Å²) in [7, 11) is 0. The Labute approximate surface area is 105 Å². The van der Waals surface area contributed by atoms with Crippen LogP contribution in [0.1, 0.15) is 63.5 Å². The molecule has 17 heavy (non-hydrogen) atoms. The number of nitrogens with two attached hydrogens (primary N) is 1. The van der Waals surface area contributed by atoms with Crippen molar-refractivity contribution in [1.29, 1.82) is 0 Å². The predicted molar refractivity (Wildman–Crippen MR) is 74.0 cm³/mol. The van der Waals surface area contributed by atoms with Gasteiger partial charge in [-0.3, -0.25) is 0 Å². The number of fused-ring (bicyclic) bond motifs is 1. The summed E-state index contributed by atoms with van der Waals surface area (Å²) in [6.45, 7) is 6.86. The van der Waals surface area contributed by atoms with Crippen molar-refractivity contribution in [2.75, 3.05) is 0 Å². The van der Waals surface area contributed by atoms with Crippen LogP contribution in [0.25, 0.3) is 0 Å². The van der Waals surface area contributed by atoms with E-state index in [1.54, 1.807) is 0 Å². The first-order valence-corrected chi connectivity index (χ1v) is 7.01. The molecule has 0 amide bonds. The molecule has 0 heterocycles. The van der Waals surface area contributed by atoms with Crippen molar-refractivity contribution in [3.63, 3.8) is 0 Å². The van der Waals surface area contributed by atoms with Crippen LogP contribution in [0.2, 0.25) is 0 Å². The van der Waals surface area contributed by atoms with Gasteiger partial charge in [0.25, 0.3) is 0 Å². The molecule has 1 aliphatic rings. The molecular formula is C16H25N. The molecule has 1 aliphatic carbocycles. The van der Waals surface area contributed by atoms with E-state index < -0.39 is 0 Å². The molecule has 2 atom stereocenters. The molecular weight excluding hydrogens is 206 g/mol. The van der Waals surface area contributed by atoms with E-state index in [0.717, 1.165) is 6.42 Å². The molecule has 0 saturated heterocycles. The zero-order valence-corrected chi connectivity index (χ0v) is 11.4. The topological polar surface area (TPSA) is 26.0 Å². The van der Waals surface area contributed by atoms with E-state index in [-0.39, 0.29) is 5.54 Å². The average molecular weight is 231 g/mol. The van der Waals surface area contributed by atoms with Gasteiger partial charge in [-0.1, -0.05) is 57.9 Å². The molecule has 0 aliphatic heterocycles. The van der Waals surface area contributed by atoms with Gasteiger partial charge in [0, 0.05) is 5.54 Å².